The van der Waals surface area contributed by atoms with Crippen LogP contribution >= 0.6 is 11.8 Å². The highest BCUT2D eigenvalue weighted by atomic mass is 32.2. The zero-order valence-electron chi connectivity index (χ0n) is 28.0. The molecule has 0 aliphatic carbocycles. The molecule has 0 atom stereocenters. The molecule has 0 N–H and O–H groups in total. The molecule has 0 spiro atoms. The minimum Gasteiger partial charge on any atom is -0.308 e. The predicted molar refractivity (Wildman–Crippen MR) is 215 cm³/mol. The molecular formula is C47H30N4S. The lowest BCUT2D eigenvalue weighted by Crippen LogP contribution is -2.00. The van der Waals surface area contributed by atoms with Gasteiger partial charge < -0.3 is 4.57 Å². The van der Waals surface area contributed by atoms with Gasteiger partial charge in [-0.2, -0.15) is 0 Å². The molecule has 0 amide bonds. The SMILES string of the molecule is C1=Cc2ccc3c4ccccc4n(-c4cccc(-c5cccc(-c6nc(-c7ccccc7)nc(-c7ccccc7)n6)c5)c4)c3c2Sc2ccccc21. The van der Waals surface area contributed by atoms with Crippen molar-refractivity contribution >= 4 is 45.7 Å². The van der Waals surface area contributed by atoms with Crippen molar-refractivity contribution in [3.63, 3.8) is 0 Å². The van der Waals surface area contributed by atoms with Gasteiger partial charge in [0.1, 0.15) is 0 Å². The van der Waals surface area contributed by atoms with E-state index in [9.17, 15) is 0 Å². The molecule has 0 bridgehead atoms. The molecule has 0 unspecified atom stereocenters. The van der Waals surface area contributed by atoms with Gasteiger partial charge in [-0.25, -0.2) is 15.0 Å². The van der Waals surface area contributed by atoms with Crippen molar-refractivity contribution in [2.45, 2.75) is 9.79 Å². The fourth-order valence-corrected chi connectivity index (χ4v) is 8.32. The van der Waals surface area contributed by atoms with Crippen molar-refractivity contribution in [1.29, 1.82) is 0 Å². The minimum atomic E-state index is 0.640. The summed E-state index contributed by atoms with van der Waals surface area (Å²) in [5.74, 6) is 1.94. The normalized spacial score (nSPS) is 12.1. The first-order chi connectivity index (χ1) is 25.8. The lowest BCUT2D eigenvalue weighted by Gasteiger charge is -2.14. The maximum atomic E-state index is 4.99. The second-order valence-corrected chi connectivity index (χ2v) is 13.9. The van der Waals surface area contributed by atoms with E-state index in [1.54, 1.807) is 0 Å². The number of aromatic nitrogens is 4. The van der Waals surface area contributed by atoms with Crippen LogP contribution in [0.4, 0.5) is 0 Å². The molecule has 10 rings (SSSR count). The molecule has 1 aliphatic rings. The van der Waals surface area contributed by atoms with Gasteiger partial charge in [0.2, 0.25) is 0 Å². The predicted octanol–water partition coefficient (Wildman–Crippen LogP) is 12.3. The number of benzene rings is 7. The van der Waals surface area contributed by atoms with Crippen molar-refractivity contribution in [3.8, 4) is 51.0 Å². The smallest absolute Gasteiger partial charge is 0.164 e. The molecule has 0 fully saturated rings. The van der Waals surface area contributed by atoms with Crippen LogP contribution in [0.3, 0.4) is 0 Å². The maximum absolute atomic E-state index is 4.99. The van der Waals surface area contributed by atoms with Crippen molar-refractivity contribution in [3.05, 3.63) is 181 Å². The van der Waals surface area contributed by atoms with Gasteiger partial charge in [0.05, 0.1) is 11.0 Å². The summed E-state index contributed by atoms with van der Waals surface area (Å²) >= 11 is 1.85. The topological polar surface area (TPSA) is 43.6 Å². The van der Waals surface area contributed by atoms with E-state index in [0.29, 0.717) is 17.5 Å². The second-order valence-electron chi connectivity index (χ2n) is 12.9. The number of rotatable bonds is 5. The number of fused-ring (bicyclic) bond motifs is 6. The number of hydrogen-bond donors (Lipinski definition) is 0. The third kappa shape index (κ3) is 5.31. The van der Waals surface area contributed by atoms with Crippen molar-refractivity contribution in [2.24, 2.45) is 0 Å². The van der Waals surface area contributed by atoms with Crippen LogP contribution < -0.4 is 0 Å². The Morgan fingerprint density at radius 3 is 1.75 bits per heavy atom. The van der Waals surface area contributed by atoms with Crippen molar-refractivity contribution in [2.75, 3.05) is 0 Å². The van der Waals surface area contributed by atoms with E-state index in [1.807, 2.05) is 72.4 Å². The Morgan fingerprint density at radius 2 is 0.981 bits per heavy atom. The maximum Gasteiger partial charge on any atom is 0.164 e. The average molecular weight is 683 g/mol. The van der Waals surface area contributed by atoms with Crippen LogP contribution in [0.1, 0.15) is 11.1 Å². The van der Waals surface area contributed by atoms with E-state index in [1.165, 1.54) is 42.7 Å². The molecule has 5 heteroatoms. The van der Waals surface area contributed by atoms with Gasteiger partial charge in [0, 0.05) is 42.9 Å². The summed E-state index contributed by atoms with van der Waals surface area (Å²) in [6, 6.07) is 59.5. The fourth-order valence-electron chi connectivity index (χ4n) is 7.15. The van der Waals surface area contributed by atoms with Gasteiger partial charge in [0.25, 0.3) is 0 Å². The molecule has 1 aliphatic heterocycles. The van der Waals surface area contributed by atoms with E-state index >= 15 is 0 Å². The molecule has 4 nitrogen and oxygen atoms in total. The Balaban J connectivity index is 1.12. The molecule has 0 saturated heterocycles. The first-order valence-electron chi connectivity index (χ1n) is 17.4. The lowest BCUT2D eigenvalue weighted by molar-refractivity contribution is 1.07. The molecule has 2 aromatic heterocycles. The summed E-state index contributed by atoms with van der Waals surface area (Å²) in [5, 5.41) is 2.49. The minimum absolute atomic E-state index is 0.640. The molecule has 3 heterocycles. The third-order valence-electron chi connectivity index (χ3n) is 9.65. The van der Waals surface area contributed by atoms with Crippen LogP contribution in [-0.4, -0.2) is 19.5 Å². The highest BCUT2D eigenvalue weighted by Crippen LogP contribution is 2.45. The summed E-state index contributed by atoms with van der Waals surface area (Å²) < 4.78 is 2.44. The van der Waals surface area contributed by atoms with Crippen LogP contribution in [0.25, 0.3) is 84.9 Å². The molecule has 0 radical (unpaired) electrons. The summed E-state index contributed by atoms with van der Waals surface area (Å²) in [6.07, 6.45) is 4.49. The lowest BCUT2D eigenvalue weighted by atomic mass is 10.0. The Morgan fingerprint density at radius 1 is 0.404 bits per heavy atom. The Labute approximate surface area is 305 Å². The fraction of sp³-hybridized carbons (Fsp3) is 0. The average Bonchev–Trinajstić information content (AvgIpc) is 3.44. The molecule has 9 aromatic rings. The van der Waals surface area contributed by atoms with Crippen molar-refractivity contribution < 1.29 is 0 Å². The zero-order chi connectivity index (χ0) is 34.4. The van der Waals surface area contributed by atoms with Crippen LogP contribution in [0.2, 0.25) is 0 Å². The third-order valence-corrected chi connectivity index (χ3v) is 10.9. The van der Waals surface area contributed by atoms with E-state index in [2.05, 4.69) is 126 Å². The standard InChI is InChI=1S/C47H30N4S/c1-3-14-33(15-4-1)45-48-46(34-16-5-2-6-17-34)50-47(49-45)37-20-11-18-35(29-37)36-19-12-21-38(30-36)51-41-23-9-8-22-39(41)40-28-27-32-26-25-31-13-7-10-24-42(31)52-44(32)43(40)51/h1-30H. The van der Waals surface area contributed by atoms with Gasteiger partial charge in [-0.15, -0.1) is 0 Å². The van der Waals surface area contributed by atoms with E-state index in [4.69, 9.17) is 15.0 Å². The molecule has 244 valence electrons. The quantitative estimate of drug-likeness (QED) is 0.181. The summed E-state index contributed by atoms with van der Waals surface area (Å²) in [6.45, 7) is 0. The van der Waals surface area contributed by atoms with Crippen LogP contribution in [0, 0.1) is 0 Å². The monoisotopic (exact) mass is 682 g/mol. The molecule has 7 aromatic carbocycles. The molecule has 52 heavy (non-hydrogen) atoms. The van der Waals surface area contributed by atoms with Gasteiger partial charge in [-0.1, -0.05) is 163 Å². The first-order valence-corrected chi connectivity index (χ1v) is 18.2. The summed E-state index contributed by atoms with van der Waals surface area (Å²) in [5.41, 5.74) is 11.0. The Kier molecular flexibility index (Phi) is 7.36. The Bertz CT molecular complexity index is 2760. The largest absolute Gasteiger partial charge is 0.308 e. The zero-order valence-corrected chi connectivity index (χ0v) is 28.8. The summed E-state index contributed by atoms with van der Waals surface area (Å²) in [7, 11) is 0. The molecule has 0 saturated carbocycles. The number of nitrogens with zero attached hydrogens (tertiary/aromatic N) is 4. The number of hydrogen-bond acceptors (Lipinski definition) is 4. The molecular weight excluding hydrogens is 653 g/mol. The van der Waals surface area contributed by atoms with E-state index in [-0.39, 0.29) is 0 Å². The highest BCUT2D eigenvalue weighted by molar-refractivity contribution is 7.99. The van der Waals surface area contributed by atoms with Gasteiger partial charge in [-0.3, -0.25) is 0 Å². The van der Waals surface area contributed by atoms with Crippen LogP contribution in [-0.2, 0) is 0 Å². The van der Waals surface area contributed by atoms with E-state index < -0.39 is 0 Å². The number of para-hydroxylation sites is 1. The van der Waals surface area contributed by atoms with Crippen molar-refractivity contribution in [1.82, 2.24) is 19.5 Å². The van der Waals surface area contributed by atoms with E-state index in [0.717, 1.165) is 33.5 Å². The van der Waals surface area contributed by atoms with Gasteiger partial charge in [-0.05, 0) is 52.6 Å². The van der Waals surface area contributed by atoms with Crippen LogP contribution in [0.15, 0.2) is 180 Å². The van der Waals surface area contributed by atoms with Crippen LogP contribution in [0.5, 0.6) is 0 Å². The van der Waals surface area contributed by atoms with Gasteiger partial charge in [0.15, 0.2) is 17.5 Å². The summed E-state index contributed by atoms with van der Waals surface area (Å²) in [4.78, 5) is 17.4. The second kappa shape index (κ2) is 12.6. The van der Waals surface area contributed by atoms with Gasteiger partial charge >= 0.3 is 0 Å². The first kappa shape index (κ1) is 30.3. The highest BCUT2D eigenvalue weighted by Gasteiger charge is 2.21. The Hall–Kier alpha value is -6.56.